The van der Waals surface area contributed by atoms with Gasteiger partial charge in [0.25, 0.3) is 0 Å². The highest BCUT2D eigenvalue weighted by molar-refractivity contribution is 5.23. The van der Waals surface area contributed by atoms with E-state index in [1.807, 2.05) is 19.4 Å². The Balaban J connectivity index is 1.43. The van der Waals surface area contributed by atoms with Crippen LogP contribution in [-0.2, 0) is 6.54 Å². The fourth-order valence-electron chi connectivity index (χ4n) is 5.19. The summed E-state index contributed by atoms with van der Waals surface area (Å²) in [4.78, 5) is 8.60. The van der Waals surface area contributed by atoms with Gasteiger partial charge in [-0.25, -0.2) is 9.97 Å². The molecule has 1 aromatic rings. The van der Waals surface area contributed by atoms with Crippen molar-refractivity contribution in [1.82, 2.24) is 15.3 Å². The molecule has 0 unspecified atom stereocenters. The Morgan fingerprint density at radius 2 is 1.60 bits per heavy atom. The Morgan fingerprint density at radius 1 is 1.05 bits per heavy atom. The normalized spacial score (nSPS) is 38.1. The highest BCUT2D eigenvalue weighted by Crippen LogP contribution is 2.55. The maximum atomic E-state index is 4.30. The summed E-state index contributed by atoms with van der Waals surface area (Å²) in [5, 5.41) is 6.84. The second-order valence-corrected chi connectivity index (χ2v) is 7.22. The van der Waals surface area contributed by atoms with Crippen LogP contribution in [0.25, 0.3) is 0 Å². The first-order chi connectivity index (χ1) is 9.75. The van der Waals surface area contributed by atoms with E-state index in [0.717, 1.165) is 24.3 Å². The van der Waals surface area contributed by atoms with Gasteiger partial charge >= 0.3 is 0 Å². The maximum absolute atomic E-state index is 4.30. The molecule has 4 aliphatic carbocycles. The molecule has 0 spiro atoms. The molecule has 0 radical (unpaired) electrons. The molecule has 4 bridgehead atoms. The molecule has 5 rings (SSSR count). The lowest BCUT2D eigenvalue weighted by Crippen LogP contribution is -2.58. The minimum atomic E-state index is 0.427. The van der Waals surface area contributed by atoms with Crippen molar-refractivity contribution in [3.05, 3.63) is 18.0 Å². The Kier molecular flexibility index (Phi) is 2.95. The number of anilines is 1. The average Bonchev–Trinajstić information content (AvgIpc) is 2.44. The molecule has 4 fully saturated rings. The van der Waals surface area contributed by atoms with Crippen LogP contribution in [0.5, 0.6) is 0 Å². The molecule has 0 aliphatic heterocycles. The smallest absolute Gasteiger partial charge is 0.222 e. The lowest BCUT2D eigenvalue weighted by Gasteiger charge is -2.57. The van der Waals surface area contributed by atoms with E-state index in [1.165, 1.54) is 44.1 Å². The van der Waals surface area contributed by atoms with Gasteiger partial charge in [-0.2, -0.15) is 0 Å². The van der Waals surface area contributed by atoms with Crippen molar-refractivity contribution in [3.8, 4) is 0 Å². The zero-order chi connectivity index (χ0) is 13.6. The zero-order valence-electron chi connectivity index (χ0n) is 12.2. The topological polar surface area (TPSA) is 49.8 Å². The van der Waals surface area contributed by atoms with Gasteiger partial charge in [0.15, 0.2) is 0 Å². The Bertz CT molecular complexity index is 446. The third-order valence-electron chi connectivity index (χ3n) is 5.63. The Morgan fingerprint density at radius 3 is 2.10 bits per heavy atom. The van der Waals surface area contributed by atoms with Crippen molar-refractivity contribution in [1.29, 1.82) is 0 Å². The van der Waals surface area contributed by atoms with Gasteiger partial charge in [0.05, 0.1) is 0 Å². The van der Waals surface area contributed by atoms with Gasteiger partial charge in [0.1, 0.15) is 0 Å². The first kappa shape index (κ1) is 12.6. The second kappa shape index (κ2) is 4.69. The first-order valence-corrected chi connectivity index (χ1v) is 7.98. The number of hydrogen-bond donors (Lipinski definition) is 2. The Hall–Kier alpha value is -1.16. The molecule has 4 aliphatic rings. The third kappa shape index (κ3) is 2.20. The van der Waals surface area contributed by atoms with Gasteiger partial charge in [-0.3, -0.25) is 0 Å². The molecule has 0 atom stereocenters. The summed E-state index contributed by atoms with van der Waals surface area (Å²) in [7, 11) is 1.85. The molecule has 4 nitrogen and oxygen atoms in total. The third-order valence-corrected chi connectivity index (χ3v) is 5.63. The van der Waals surface area contributed by atoms with Gasteiger partial charge in [0.2, 0.25) is 5.95 Å². The van der Waals surface area contributed by atoms with Crippen LogP contribution in [0.4, 0.5) is 5.95 Å². The standard InChI is InChI=1S/C16H24N4/c1-17-15-18-8-14(9-19-15)10-20-16-5-11-2-12(6-16)4-13(3-11)7-16/h8-9,11-13,20H,2-7,10H2,1H3,(H,17,18,19). The molecular weight excluding hydrogens is 248 g/mol. The fraction of sp³-hybridized carbons (Fsp3) is 0.750. The van der Waals surface area contributed by atoms with E-state index < -0.39 is 0 Å². The minimum Gasteiger partial charge on any atom is -0.357 e. The van der Waals surface area contributed by atoms with Crippen LogP contribution >= 0.6 is 0 Å². The molecule has 20 heavy (non-hydrogen) atoms. The molecule has 0 aromatic carbocycles. The molecule has 1 aromatic heterocycles. The van der Waals surface area contributed by atoms with Crippen molar-refractivity contribution in [2.75, 3.05) is 12.4 Å². The molecule has 2 N–H and O–H groups in total. The predicted molar refractivity (Wildman–Crippen MR) is 79.3 cm³/mol. The van der Waals surface area contributed by atoms with Crippen LogP contribution in [-0.4, -0.2) is 22.6 Å². The molecule has 0 amide bonds. The van der Waals surface area contributed by atoms with Gasteiger partial charge in [-0.1, -0.05) is 0 Å². The molecule has 0 saturated heterocycles. The largest absolute Gasteiger partial charge is 0.357 e. The molecule has 4 saturated carbocycles. The van der Waals surface area contributed by atoms with Crippen LogP contribution in [0.15, 0.2) is 12.4 Å². The predicted octanol–water partition coefficient (Wildman–Crippen LogP) is 2.58. The van der Waals surface area contributed by atoms with E-state index in [0.29, 0.717) is 11.5 Å². The number of aromatic nitrogens is 2. The highest BCUT2D eigenvalue weighted by atomic mass is 15.1. The summed E-state index contributed by atoms with van der Waals surface area (Å²) in [6.45, 7) is 0.913. The summed E-state index contributed by atoms with van der Waals surface area (Å²) in [6.07, 6.45) is 12.6. The monoisotopic (exact) mass is 272 g/mol. The van der Waals surface area contributed by atoms with Gasteiger partial charge in [0, 0.05) is 37.1 Å². The van der Waals surface area contributed by atoms with E-state index in [9.17, 15) is 0 Å². The van der Waals surface area contributed by atoms with Crippen LogP contribution < -0.4 is 10.6 Å². The average molecular weight is 272 g/mol. The van der Waals surface area contributed by atoms with Crippen LogP contribution in [0.1, 0.15) is 44.1 Å². The number of rotatable bonds is 4. The molecule has 1 heterocycles. The van der Waals surface area contributed by atoms with Crippen molar-refractivity contribution >= 4 is 5.95 Å². The molecule has 108 valence electrons. The van der Waals surface area contributed by atoms with Crippen LogP contribution in [0.2, 0.25) is 0 Å². The lowest BCUT2D eigenvalue weighted by molar-refractivity contribution is -0.0206. The van der Waals surface area contributed by atoms with Gasteiger partial charge in [-0.15, -0.1) is 0 Å². The highest BCUT2D eigenvalue weighted by Gasteiger charge is 2.50. The van der Waals surface area contributed by atoms with Crippen molar-refractivity contribution in [2.24, 2.45) is 17.8 Å². The minimum absolute atomic E-state index is 0.427. The molecule has 4 heteroatoms. The van der Waals surface area contributed by atoms with Crippen molar-refractivity contribution in [2.45, 2.75) is 50.6 Å². The summed E-state index contributed by atoms with van der Waals surface area (Å²) in [6, 6.07) is 0. The molecular formula is C16H24N4. The summed E-state index contributed by atoms with van der Waals surface area (Å²) >= 11 is 0. The summed E-state index contributed by atoms with van der Waals surface area (Å²) in [5.41, 5.74) is 1.62. The second-order valence-electron chi connectivity index (χ2n) is 7.22. The van der Waals surface area contributed by atoms with Crippen molar-refractivity contribution < 1.29 is 0 Å². The van der Waals surface area contributed by atoms with E-state index in [-0.39, 0.29) is 0 Å². The van der Waals surface area contributed by atoms with Crippen molar-refractivity contribution in [3.63, 3.8) is 0 Å². The Labute approximate surface area is 120 Å². The number of hydrogen-bond acceptors (Lipinski definition) is 4. The van der Waals surface area contributed by atoms with Crippen LogP contribution in [0, 0.1) is 17.8 Å². The zero-order valence-corrected chi connectivity index (χ0v) is 12.2. The van der Waals surface area contributed by atoms with E-state index in [1.54, 1.807) is 0 Å². The first-order valence-electron chi connectivity index (χ1n) is 7.98. The SMILES string of the molecule is CNc1ncc(CNC23CC4CC(CC(C4)C2)C3)cn1. The van der Waals surface area contributed by atoms with Gasteiger partial charge < -0.3 is 10.6 Å². The fourth-order valence-corrected chi connectivity index (χ4v) is 5.19. The van der Waals surface area contributed by atoms with E-state index in [4.69, 9.17) is 0 Å². The summed E-state index contributed by atoms with van der Waals surface area (Å²) in [5.74, 6) is 3.69. The number of nitrogens with zero attached hydrogens (tertiary/aromatic N) is 2. The van der Waals surface area contributed by atoms with Crippen LogP contribution in [0.3, 0.4) is 0 Å². The maximum Gasteiger partial charge on any atom is 0.222 e. The number of nitrogens with one attached hydrogen (secondary N) is 2. The van der Waals surface area contributed by atoms with E-state index in [2.05, 4.69) is 20.6 Å². The van der Waals surface area contributed by atoms with Gasteiger partial charge in [-0.05, 0) is 56.3 Å². The quantitative estimate of drug-likeness (QED) is 0.884. The van der Waals surface area contributed by atoms with E-state index >= 15 is 0 Å². The lowest BCUT2D eigenvalue weighted by atomic mass is 9.53. The summed E-state index contributed by atoms with van der Waals surface area (Å²) < 4.78 is 0.